The molecule has 8 heteroatoms. The van der Waals surface area contributed by atoms with E-state index >= 15 is 0 Å². The maximum atomic E-state index is 14.4. The van der Waals surface area contributed by atoms with Crippen LogP contribution in [-0.4, -0.2) is 80.1 Å². The van der Waals surface area contributed by atoms with E-state index in [1.54, 1.807) is 27.6 Å². The molecule has 0 radical (unpaired) electrons. The van der Waals surface area contributed by atoms with Crippen LogP contribution in [0.2, 0.25) is 0 Å². The minimum atomic E-state index is -0.772. The maximum Gasteiger partial charge on any atom is 0.311 e. The van der Waals surface area contributed by atoms with Crippen LogP contribution < -0.4 is 0 Å². The Labute approximate surface area is 208 Å². The van der Waals surface area contributed by atoms with E-state index in [4.69, 9.17) is 4.74 Å². The average Bonchev–Trinajstić information content (AvgIpc) is 3.33. The molecule has 2 bridgehead atoms. The summed E-state index contributed by atoms with van der Waals surface area (Å²) in [7, 11) is 0. The number of ether oxygens (including phenoxy) is 1. The normalized spacial score (nSPS) is 33.1. The number of carbonyl (C=O) groups excluding carboxylic acids is 3. The summed E-state index contributed by atoms with van der Waals surface area (Å²) in [6, 6.07) is -1.30. The van der Waals surface area contributed by atoms with Crippen molar-refractivity contribution in [3.63, 3.8) is 0 Å². The van der Waals surface area contributed by atoms with E-state index in [0.717, 1.165) is 6.42 Å². The third-order valence-electron chi connectivity index (χ3n) is 7.73. The molecule has 3 aliphatic rings. The van der Waals surface area contributed by atoms with E-state index in [-0.39, 0.29) is 42.1 Å². The second-order valence-electron chi connectivity index (χ2n) is 11.1. The Bertz CT molecular complexity index is 853. The van der Waals surface area contributed by atoms with E-state index < -0.39 is 40.2 Å². The highest BCUT2D eigenvalue weighted by Crippen LogP contribution is 2.69. The number of hydrogen-bond acceptors (Lipinski definition) is 6. The lowest BCUT2D eigenvalue weighted by molar-refractivity contribution is -0.154. The highest BCUT2D eigenvalue weighted by molar-refractivity contribution is 8.02. The van der Waals surface area contributed by atoms with Crippen molar-refractivity contribution in [3.05, 3.63) is 25.3 Å². The number of aliphatic hydroxyl groups is 1. The molecular weight excluding hydrogens is 452 g/mol. The van der Waals surface area contributed by atoms with Gasteiger partial charge in [0.1, 0.15) is 12.6 Å². The molecule has 0 aromatic carbocycles. The minimum absolute atomic E-state index is 0.0518. The van der Waals surface area contributed by atoms with Crippen LogP contribution in [0, 0.1) is 23.7 Å². The predicted octanol–water partition coefficient (Wildman–Crippen LogP) is 2.88. The first-order valence-corrected chi connectivity index (χ1v) is 13.1. The topological polar surface area (TPSA) is 87.1 Å². The molecular formula is C26H40N2O5S. The molecule has 190 valence electrons. The summed E-state index contributed by atoms with van der Waals surface area (Å²) in [5.41, 5.74) is -0.492. The quantitative estimate of drug-likeness (QED) is 0.393. The van der Waals surface area contributed by atoms with Crippen molar-refractivity contribution < 1.29 is 24.2 Å². The van der Waals surface area contributed by atoms with Gasteiger partial charge in [-0.1, -0.05) is 39.5 Å². The zero-order valence-corrected chi connectivity index (χ0v) is 22.1. The van der Waals surface area contributed by atoms with Gasteiger partial charge in [0.2, 0.25) is 11.8 Å². The molecule has 1 N–H and O–H groups in total. The van der Waals surface area contributed by atoms with Crippen molar-refractivity contribution in [1.29, 1.82) is 0 Å². The SMILES string of the molecule is C=CCOC(=O)[C@@H]1[C@H]2C(=O)N([C@@H](CO)C(C)C)C(C(=O)N(CC=C)C(C)(C)C)C23S[C@@H]1CC3C. The third-order valence-corrected chi connectivity index (χ3v) is 9.81. The Morgan fingerprint density at radius 2 is 1.97 bits per heavy atom. The zero-order valence-electron chi connectivity index (χ0n) is 21.3. The van der Waals surface area contributed by atoms with Gasteiger partial charge in [-0.15, -0.1) is 18.3 Å². The molecule has 3 unspecified atom stereocenters. The number of esters is 1. The lowest BCUT2D eigenvalue weighted by Crippen LogP contribution is -2.62. The van der Waals surface area contributed by atoms with E-state index in [1.165, 1.54) is 6.08 Å². The summed E-state index contributed by atoms with van der Waals surface area (Å²) in [5.74, 6) is -2.05. The van der Waals surface area contributed by atoms with Gasteiger partial charge in [-0.3, -0.25) is 14.4 Å². The smallest absolute Gasteiger partial charge is 0.311 e. The summed E-state index contributed by atoms with van der Waals surface area (Å²) in [6.45, 7) is 19.5. The summed E-state index contributed by atoms with van der Waals surface area (Å²) < 4.78 is 4.68. The molecule has 3 heterocycles. The number of fused-ring (bicyclic) bond motifs is 1. The molecule has 1 spiro atoms. The minimum Gasteiger partial charge on any atom is -0.461 e. The van der Waals surface area contributed by atoms with Crippen LogP contribution in [0.4, 0.5) is 0 Å². The van der Waals surface area contributed by atoms with Gasteiger partial charge in [0.25, 0.3) is 0 Å². The summed E-state index contributed by atoms with van der Waals surface area (Å²) in [6.07, 6.45) is 3.95. The van der Waals surface area contributed by atoms with E-state index in [9.17, 15) is 19.5 Å². The lowest BCUT2D eigenvalue weighted by Gasteiger charge is -2.45. The van der Waals surface area contributed by atoms with Gasteiger partial charge in [0, 0.05) is 17.3 Å². The van der Waals surface area contributed by atoms with Crippen molar-refractivity contribution in [2.24, 2.45) is 23.7 Å². The highest BCUT2D eigenvalue weighted by atomic mass is 32.2. The van der Waals surface area contributed by atoms with Crippen LogP contribution in [0.1, 0.15) is 48.0 Å². The number of nitrogens with zero attached hydrogens (tertiary/aromatic N) is 2. The van der Waals surface area contributed by atoms with Gasteiger partial charge in [-0.2, -0.15) is 0 Å². The van der Waals surface area contributed by atoms with Crippen LogP contribution in [0.3, 0.4) is 0 Å². The summed E-state index contributed by atoms with van der Waals surface area (Å²) >= 11 is 1.61. The number of likely N-dealkylation sites (tertiary alicyclic amines) is 1. The molecule has 3 fully saturated rings. The summed E-state index contributed by atoms with van der Waals surface area (Å²) in [4.78, 5) is 45.0. The average molecular weight is 493 g/mol. The molecule has 3 saturated heterocycles. The predicted molar refractivity (Wildman–Crippen MR) is 134 cm³/mol. The van der Waals surface area contributed by atoms with Crippen molar-refractivity contribution in [2.75, 3.05) is 19.8 Å². The van der Waals surface area contributed by atoms with Gasteiger partial charge in [-0.25, -0.2) is 0 Å². The number of hydrogen-bond donors (Lipinski definition) is 1. The van der Waals surface area contributed by atoms with Crippen LogP contribution in [-0.2, 0) is 19.1 Å². The zero-order chi connectivity index (χ0) is 25.6. The van der Waals surface area contributed by atoms with Gasteiger partial charge in [0.05, 0.1) is 29.2 Å². The Hall–Kier alpha value is -1.80. The second kappa shape index (κ2) is 9.69. The fraction of sp³-hybridized carbons (Fsp3) is 0.731. The van der Waals surface area contributed by atoms with Crippen molar-refractivity contribution in [2.45, 2.75) is 75.6 Å². The first-order valence-electron chi connectivity index (χ1n) is 12.2. The number of rotatable bonds is 9. The van der Waals surface area contributed by atoms with E-state index in [1.807, 2.05) is 34.6 Å². The van der Waals surface area contributed by atoms with E-state index in [0.29, 0.717) is 6.54 Å². The summed E-state index contributed by atoms with van der Waals surface area (Å²) in [5, 5.41) is 10.2. The maximum absolute atomic E-state index is 14.4. The van der Waals surface area contributed by atoms with Crippen molar-refractivity contribution >= 4 is 29.5 Å². The van der Waals surface area contributed by atoms with Gasteiger partial charge >= 0.3 is 5.97 Å². The first-order chi connectivity index (χ1) is 15.9. The van der Waals surface area contributed by atoms with Gasteiger partial charge in [-0.05, 0) is 39.0 Å². The largest absolute Gasteiger partial charge is 0.461 e. The Morgan fingerprint density at radius 3 is 2.47 bits per heavy atom. The fourth-order valence-corrected chi connectivity index (χ4v) is 8.58. The van der Waals surface area contributed by atoms with E-state index in [2.05, 4.69) is 20.1 Å². The van der Waals surface area contributed by atoms with Crippen LogP contribution >= 0.6 is 11.8 Å². The molecule has 2 amide bonds. The molecule has 34 heavy (non-hydrogen) atoms. The Morgan fingerprint density at radius 1 is 1.32 bits per heavy atom. The number of aliphatic hydroxyl groups excluding tert-OH is 1. The second-order valence-corrected chi connectivity index (χ2v) is 12.7. The van der Waals surface area contributed by atoms with Crippen molar-refractivity contribution in [3.8, 4) is 0 Å². The Kier molecular flexibility index (Phi) is 7.63. The standard InChI is InChI=1S/C26H40N2O5S/c1-9-11-27(25(6,7)8)23(31)21-26-16(5)13-18(34-26)19(24(32)33-12-10-2)20(26)22(30)28(21)17(14-29)15(3)4/h9-10,15-21,29H,1-2,11-14H2,3-8H3/t16?,17-,18+,19-,20-,21?,26?/m0/s1. The lowest BCUT2D eigenvalue weighted by atomic mass is 9.66. The third kappa shape index (κ3) is 4.00. The van der Waals surface area contributed by atoms with Crippen LogP contribution in [0.15, 0.2) is 25.3 Å². The van der Waals surface area contributed by atoms with Crippen LogP contribution in [0.25, 0.3) is 0 Å². The first kappa shape index (κ1) is 26.8. The number of carbonyl (C=O) groups is 3. The monoisotopic (exact) mass is 492 g/mol. The van der Waals surface area contributed by atoms with Crippen molar-refractivity contribution in [1.82, 2.24) is 9.80 Å². The number of amides is 2. The molecule has 3 rings (SSSR count). The Balaban J connectivity index is 2.17. The van der Waals surface area contributed by atoms with Gasteiger partial charge in [0.15, 0.2) is 0 Å². The molecule has 7 atom stereocenters. The van der Waals surface area contributed by atoms with Crippen LogP contribution in [0.5, 0.6) is 0 Å². The molecule has 7 nitrogen and oxygen atoms in total. The number of thioether (sulfide) groups is 1. The molecule has 0 aromatic heterocycles. The molecule has 3 aliphatic heterocycles. The molecule has 0 aromatic rings. The highest BCUT2D eigenvalue weighted by Gasteiger charge is 2.77. The van der Waals surface area contributed by atoms with Gasteiger partial charge < -0.3 is 19.6 Å². The fourth-order valence-electron chi connectivity index (χ4n) is 6.19. The molecule has 0 saturated carbocycles. The molecule has 0 aliphatic carbocycles.